The third kappa shape index (κ3) is 1.73. The van der Waals surface area contributed by atoms with E-state index in [4.69, 9.17) is 5.73 Å². The van der Waals surface area contributed by atoms with Gasteiger partial charge in [-0.1, -0.05) is 24.3 Å². The zero-order valence-corrected chi connectivity index (χ0v) is 9.81. The lowest BCUT2D eigenvalue weighted by molar-refractivity contribution is -0.123. The van der Waals surface area contributed by atoms with Crippen molar-refractivity contribution >= 4 is 11.7 Å². The van der Waals surface area contributed by atoms with Crippen LogP contribution < -0.4 is 11.1 Å². The van der Waals surface area contributed by atoms with Gasteiger partial charge in [0.2, 0.25) is 5.91 Å². The number of H-pyrrole nitrogens is 1. The number of aromatic amines is 1. The molecule has 0 saturated carbocycles. The van der Waals surface area contributed by atoms with Gasteiger partial charge in [0.1, 0.15) is 5.82 Å². The Kier molecular flexibility index (Phi) is 2.51. The summed E-state index contributed by atoms with van der Waals surface area (Å²) in [6, 6.07) is 8.04. The predicted octanol–water partition coefficient (Wildman–Crippen LogP) is 0.948. The average molecular weight is 242 g/mol. The molecule has 1 atom stereocenters. The van der Waals surface area contributed by atoms with E-state index in [-0.39, 0.29) is 11.8 Å². The van der Waals surface area contributed by atoms with Gasteiger partial charge in [-0.3, -0.25) is 9.89 Å². The molecule has 92 valence electrons. The van der Waals surface area contributed by atoms with Crippen molar-refractivity contribution in [2.75, 3.05) is 5.73 Å². The van der Waals surface area contributed by atoms with Crippen LogP contribution in [0, 0.1) is 0 Å². The van der Waals surface area contributed by atoms with E-state index >= 15 is 0 Å². The van der Waals surface area contributed by atoms with Crippen molar-refractivity contribution in [3.8, 4) is 0 Å². The number of fused-ring (bicyclic) bond motifs is 1. The van der Waals surface area contributed by atoms with E-state index in [0.29, 0.717) is 12.4 Å². The fraction of sp³-hybridized carbons (Fsp3) is 0.231. The van der Waals surface area contributed by atoms with Gasteiger partial charge in [0, 0.05) is 12.1 Å². The lowest BCUT2D eigenvalue weighted by Crippen LogP contribution is -2.35. The molecule has 1 heterocycles. The van der Waals surface area contributed by atoms with Crippen molar-refractivity contribution in [2.45, 2.75) is 18.9 Å². The molecular weight excluding hydrogens is 228 g/mol. The molecule has 1 aliphatic carbocycles. The molecular formula is C13H14N4O. The minimum Gasteiger partial charge on any atom is -0.384 e. The van der Waals surface area contributed by atoms with Crippen LogP contribution in [0.25, 0.3) is 0 Å². The highest BCUT2D eigenvalue weighted by Gasteiger charge is 2.31. The van der Waals surface area contributed by atoms with Crippen LogP contribution in [0.5, 0.6) is 0 Å². The van der Waals surface area contributed by atoms with Gasteiger partial charge in [0.05, 0.1) is 12.1 Å². The lowest BCUT2D eigenvalue weighted by Gasteiger charge is -2.28. The normalized spacial score (nSPS) is 16.8. The Bertz CT molecular complexity index is 590. The second-order valence-corrected chi connectivity index (χ2v) is 4.48. The zero-order chi connectivity index (χ0) is 12.5. The number of carbonyl (C=O) groups is 1. The van der Waals surface area contributed by atoms with Crippen molar-refractivity contribution in [3.05, 3.63) is 47.2 Å². The van der Waals surface area contributed by atoms with Gasteiger partial charge in [0.25, 0.3) is 0 Å². The second-order valence-electron chi connectivity index (χ2n) is 4.48. The maximum atomic E-state index is 12.0. The van der Waals surface area contributed by atoms with E-state index in [0.717, 1.165) is 17.5 Å². The summed E-state index contributed by atoms with van der Waals surface area (Å²) in [5.41, 5.74) is 8.87. The third-order valence-corrected chi connectivity index (χ3v) is 3.38. The molecule has 1 unspecified atom stereocenters. The van der Waals surface area contributed by atoms with Gasteiger partial charge in [-0.2, -0.15) is 5.10 Å². The SMILES string of the molecule is Nc1[nH]ncc1CNC(=O)C1Cc2ccccc21. The number of nitrogen functional groups attached to an aromatic ring is 1. The van der Waals surface area contributed by atoms with Crippen molar-refractivity contribution in [3.63, 3.8) is 0 Å². The Labute approximate surface area is 104 Å². The molecule has 1 aromatic heterocycles. The van der Waals surface area contributed by atoms with Crippen LogP contribution in [0.15, 0.2) is 30.5 Å². The maximum Gasteiger partial charge on any atom is 0.228 e. The quantitative estimate of drug-likeness (QED) is 0.749. The topological polar surface area (TPSA) is 83.8 Å². The predicted molar refractivity (Wildman–Crippen MR) is 67.7 cm³/mol. The molecule has 4 N–H and O–H groups in total. The second kappa shape index (κ2) is 4.18. The van der Waals surface area contributed by atoms with Gasteiger partial charge < -0.3 is 11.1 Å². The monoisotopic (exact) mass is 242 g/mol. The summed E-state index contributed by atoms with van der Waals surface area (Å²) in [6.07, 6.45) is 2.45. The number of nitrogens with two attached hydrogens (primary N) is 1. The number of nitrogens with one attached hydrogen (secondary N) is 2. The Balaban J connectivity index is 1.63. The smallest absolute Gasteiger partial charge is 0.228 e. The van der Waals surface area contributed by atoms with Crippen molar-refractivity contribution in [1.82, 2.24) is 15.5 Å². The number of hydrogen-bond acceptors (Lipinski definition) is 3. The van der Waals surface area contributed by atoms with Crippen LogP contribution in [-0.2, 0) is 17.8 Å². The highest BCUT2D eigenvalue weighted by atomic mass is 16.1. The van der Waals surface area contributed by atoms with Crippen molar-refractivity contribution in [1.29, 1.82) is 0 Å². The van der Waals surface area contributed by atoms with Crippen molar-refractivity contribution in [2.24, 2.45) is 0 Å². The molecule has 0 saturated heterocycles. The average Bonchev–Trinajstić information content (AvgIpc) is 2.74. The Morgan fingerprint density at radius 3 is 3.06 bits per heavy atom. The summed E-state index contributed by atoms with van der Waals surface area (Å²) >= 11 is 0. The fourth-order valence-corrected chi connectivity index (χ4v) is 2.26. The van der Waals surface area contributed by atoms with E-state index in [9.17, 15) is 4.79 Å². The molecule has 1 aliphatic rings. The van der Waals surface area contributed by atoms with E-state index in [1.54, 1.807) is 6.20 Å². The molecule has 5 heteroatoms. The van der Waals surface area contributed by atoms with Crippen LogP contribution in [0.1, 0.15) is 22.6 Å². The Hall–Kier alpha value is -2.30. The highest BCUT2D eigenvalue weighted by molar-refractivity contribution is 5.86. The van der Waals surface area contributed by atoms with Crippen molar-refractivity contribution < 1.29 is 4.79 Å². The van der Waals surface area contributed by atoms with E-state index in [1.807, 2.05) is 18.2 Å². The van der Waals surface area contributed by atoms with Crippen LogP contribution in [0.3, 0.4) is 0 Å². The lowest BCUT2D eigenvalue weighted by atomic mass is 9.77. The van der Waals surface area contributed by atoms with Crippen LogP contribution in [0.4, 0.5) is 5.82 Å². The summed E-state index contributed by atoms with van der Waals surface area (Å²) in [5.74, 6) is 0.535. The number of hydrogen-bond donors (Lipinski definition) is 3. The Morgan fingerprint density at radius 1 is 1.50 bits per heavy atom. The molecule has 1 amide bonds. The first-order valence-electron chi connectivity index (χ1n) is 5.89. The van der Waals surface area contributed by atoms with Crippen LogP contribution in [0.2, 0.25) is 0 Å². The molecule has 3 rings (SSSR count). The minimum absolute atomic E-state index is 0.0191. The molecule has 5 nitrogen and oxygen atoms in total. The van der Waals surface area contributed by atoms with Crippen LogP contribution >= 0.6 is 0 Å². The summed E-state index contributed by atoms with van der Waals surface area (Å²) in [4.78, 5) is 12.0. The molecule has 1 aromatic carbocycles. The molecule has 0 radical (unpaired) electrons. The molecule has 0 bridgehead atoms. The molecule has 0 aliphatic heterocycles. The fourth-order valence-electron chi connectivity index (χ4n) is 2.26. The first kappa shape index (κ1) is 10.8. The number of amides is 1. The number of anilines is 1. The molecule has 0 spiro atoms. The number of benzene rings is 1. The summed E-state index contributed by atoms with van der Waals surface area (Å²) in [5, 5.41) is 9.34. The zero-order valence-electron chi connectivity index (χ0n) is 9.81. The highest BCUT2D eigenvalue weighted by Crippen LogP contribution is 2.34. The summed E-state index contributed by atoms with van der Waals surface area (Å²) < 4.78 is 0. The largest absolute Gasteiger partial charge is 0.384 e. The van der Waals surface area contributed by atoms with Gasteiger partial charge in [0.15, 0.2) is 0 Å². The maximum absolute atomic E-state index is 12.0. The van der Waals surface area contributed by atoms with Gasteiger partial charge in [-0.15, -0.1) is 0 Å². The van der Waals surface area contributed by atoms with Gasteiger partial charge >= 0.3 is 0 Å². The summed E-state index contributed by atoms with van der Waals surface area (Å²) in [7, 11) is 0. The molecule has 18 heavy (non-hydrogen) atoms. The van der Waals surface area contributed by atoms with E-state index < -0.39 is 0 Å². The minimum atomic E-state index is -0.0191. The first-order chi connectivity index (χ1) is 8.75. The number of carbonyl (C=O) groups excluding carboxylic acids is 1. The van der Waals surface area contributed by atoms with Crippen LogP contribution in [-0.4, -0.2) is 16.1 Å². The number of nitrogens with zero attached hydrogens (tertiary/aromatic N) is 1. The summed E-state index contributed by atoms with van der Waals surface area (Å²) in [6.45, 7) is 0.417. The Morgan fingerprint density at radius 2 is 2.33 bits per heavy atom. The molecule has 2 aromatic rings. The van der Waals surface area contributed by atoms with Gasteiger partial charge in [-0.25, -0.2) is 0 Å². The molecule has 0 fully saturated rings. The third-order valence-electron chi connectivity index (χ3n) is 3.38. The number of rotatable bonds is 3. The van der Waals surface area contributed by atoms with Gasteiger partial charge in [-0.05, 0) is 17.5 Å². The standard InChI is InChI=1S/C13H14N4O/c14-12-9(7-16-17-12)6-15-13(18)11-5-8-3-1-2-4-10(8)11/h1-4,7,11H,5-6H2,(H,15,18)(H3,14,16,17). The van der Waals surface area contributed by atoms with E-state index in [2.05, 4.69) is 21.6 Å². The first-order valence-corrected chi connectivity index (χ1v) is 5.89. The number of aromatic nitrogens is 2. The van der Waals surface area contributed by atoms with E-state index in [1.165, 1.54) is 5.56 Å².